The van der Waals surface area contributed by atoms with Gasteiger partial charge >= 0.3 is 6.18 Å². The number of nitrogens with zero attached hydrogens (tertiary/aromatic N) is 1. The zero-order valence-corrected chi connectivity index (χ0v) is 17.6. The number of amides is 1. The molecule has 4 nitrogen and oxygen atoms in total. The SMILES string of the molecule is Cc1ccc(NC(=O)C=Cc2cccc(-c3cnc(N)c4ccccc34)c2)cc1C(F)(F)F. The molecule has 7 heteroatoms. The van der Waals surface area contributed by atoms with Crippen LogP contribution in [0.15, 0.2) is 79.0 Å². The molecule has 0 saturated carbocycles. The van der Waals surface area contributed by atoms with Crippen LogP contribution in [0.2, 0.25) is 0 Å². The standard InChI is InChI=1S/C26H20F3N3O/c1-16-9-11-19(14-23(16)26(27,28)29)32-24(33)12-10-17-5-4-6-18(13-17)22-15-31-25(30)21-8-3-2-7-20(21)22/h2-15H,1H3,(H2,30,31)(H,32,33). The van der Waals surface area contributed by atoms with Crippen LogP contribution in [0.5, 0.6) is 0 Å². The third-order valence-electron chi connectivity index (χ3n) is 5.26. The Bertz CT molecular complexity index is 1380. The van der Waals surface area contributed by atoms with Crippen LogP contribution in [-0.4, -0.2) is 10.9 Å². The highest BCUT2D eigenvalue weighted by atomic mass is 19.4. The molecule has 0 aliphatic carbocycles. The van der Waals surface area contributed by atoms with Crippen molar-refractivity contribution in [2.45, 2.75) is 13.1 Å². The largest absolute Gasteiger partial charge is 0.416 e. The third kappa shape index (κ3) is 4.87. The summed E-state index contributed by atoms with van der Waals surface area (Å²) in [5.74, 6) is -0.0798. The van der Waals surface area contributed by atoms with Crippen LogP contribution in [0.1, 0.15) is 16.7 Å². The predicted octanol–water partition coefficient (Wildman–Crippen LogP) is 6.46. The summed E-state index contributed by atoms with van der Waals surface area (Å²) >= 11 is 0. The number of carbonyl (C=O) groups excluding carboxylic acids is 1. The second-order valence-corrected chi connectivity index (χ2v) is 7.58. The Morgan fingerprint density at radius 3 is 2.52 bits per heavy atom. The molecule has 0 saturated heterocycles. The summed E-state index contributed by atoms with van der Waals surface area (Å²) in [6.07, 6.45) is 0.112. The number of hydrogen-bond acceptors (Lipinski definition) is 3. The van der Waals surface area contributed by atoms with Gasteiger partial charge in [0, 0.05) is 28.9 Å². The highest BCUT2D eigenvalue weighted by Gasteiger charge is 2.32. The summed E-state index contributed by atoms with van der Waals surface area (Å²) in [5.41, 5.74) is 7.94. The molecule has 33 heavy (non-hydrogen) atoms. The number of rotatable bonds is 4. The van der Waals surface area contributed by atoms with Gasteiger partial charge in [-0.25, -0.2) is 4.98 Å². The highest BCUT2D eigenvalue weighted by molar-refractivity contribution is 6.03. The first-order valence-electron chi connectivity index (χ1n) is 10.1. The summed E-state index contributed by atoms with van der Waals surface area (Å²) < 4.78 is 39.3. The van der Waals surface area contributed by atoms with Gasteiger partial charge in [-0.3, -0.25) is 4.79 Å². The van der Waals surface area contributed by atoms with Gasteiger partial charge in [0.25, 0.3) is 0 Å². The van der Waals surface area contributed by atoms with Crippen molar-refractivity contribution in [2.24, 2.45) is 0 Å². The molecule has 4 rings (SSSR count). The lowest BCUT2D eigenvalue weighted by molar-refractivity contribution is -0.138. The average molecular weight is 447 g/mol. The summed E-state index contributed by atoms with van der Waals surface area (Å²) in [4.78, 5) is 16.6. The molecule has 1 heterocycles. The van der Waals surface area contributed by atoms with Gasteiger partial charge in [-0.15, -0.1) is 0 Å². The topological polar surface area (TPSA) is 68.0 Å². The zero-order chi connectivity index (χ0) is 23.6. The van der Waals surface area contributed by atoms with E-state index in [4.69, 9.17) is 5.73 Å². The number of nitrogens with two attached hydrogens (primary N) is 1. The smallest absolute Gasteiger partial charge is 0.383 e. The van der Waals surface area contributed by atoms with Gasteiger partial charge < -0.3 is 11.1 Å². The first kappa shape index (κ1) is 22.1. The van der Waals surface area contributed by atoms with E-state index in [2.05, 4.69) is 10.3 Å². The number of halogens is 3. The first-order chi connectivity index (χ1) is 15.7. The number of fused-ring (bicyclic) bond motifs is 1. The van der Waals surface area contributed by atoms with Gasteiger partial charge in [-0.05, 0) is 53.3 Å². The van der Waals surface area contributed by atoms with Crippen molar-refractivity contribution in [3.63, 3.8) is 0 Å². The monoisotopic (exact) mass is 447 g/mol. The number of hydrogen-bond donors (Lipinski definition) is 2. The number of aryl methyl sites for hydroxylation is 1. The van der Waals surface area contributed by atoms with Crippen LogP contribution in [0.4, 0.5) is 24.7 Å². The van der Waals surface area contributed by atoms with Crippen LogP contribution in [0.3, 0.4) is 0 Å². The van der Waals surface area contributed by atoms with E-state index in [1.54, 1.807) is 12.3 Å². The molecule has 166 valence electrons. The highest BCUT2D eigenvalue weighted by Crippen LogP contribution is 2.34. The Balaban J connectivity index is 1.56. The van der Waals surface area contributed by atoms with Crippen molar-refractivity contribution in [1.82, 2.24) is 4.98 Å². The number of aromatic nitrogens is 1. The van der Waals surface area contributed by atoms with Crippen LogP contribution >= 0.6 is 0 Å². The Hall–Kier alpha value is -4.13. The maximum absolute atomic E-state index is 13.1. The van der Waals surface area contributed by atoms with E-state index in [1.165, 1.54) is 25.1 Å². The van der Waals surface area contributed by atoms with Crippen LogP contribution in [0, 0.1) is 6.92 Å². The molecule has 3 aromatic carbocycles. The second kappa shape index (κ2) is 8.78. The fourth-order valence-corrected chi connectivity index (χ4v) is 3.62. The fourth-order valence-electron chi connectivity index (χ4n) is 3.62. The molecule has 0 unspecified atom stereocenters. The number of anilines is 2. The van der Waals surface area contributed by atoms with E-state index in [-0.39, 0.29) is 11.3 Å². The molecule has 0 fully saturated rings. The third-order valence-corrected chi connectivity index (χ3v) is 5.26. The van der Waals surface area contributed by atoms with E-state index >= 15 is 0 Å². The first-order valence-corrected chi connectivity index (χ1v) is 10.1. The summed E-state index contributed by atoms with van der Waals surface area (Å²) in [5, 5.41) is 4.29. The van der Waals surface area contributed by atoms with E-state index in [0.717, 1.165) is 33.5 Å². The lowest BCUT2D eigenvalue weighted by Gasteiger charge is -2.12. The normalized spacial score (nSPS) is 11.8. The summed E-state index contributed by atoms with van der Waals surface area (Å²) in [7, 11) is 0. The fraction of sp³-hybridized carbons (Fsp3) is 0.0769. The van der Waals surface area contributed by atoms with Crippen LogP contribution < -0.4 is 11.1 Å². The molecule has 0 radical (unpaired) electrons. The minimum atomic E-state index is -4.48. The number of carbonyl (C=O) groups is 1. The molecule has 0 atom stereocenters. The molecule has 3 N–H and O–H groups in total. The molecule has 4 aromatic rings. The number of pyridine rings is 1. The van der Waals surface area contributed by atoms with E-state index < -0.39 is 17.6 Å². The van der Waals surface area contributed by atoms with Gasteiger partial charge in [-0.2, -0.15) is 13.2 Å². The van der Waals surface area contributed by atoms with Crippen molar-refractivity contribution in [2.75, 3.05) is 11.1 Å². The maximum Gasteiger partial charge on any atom is 0.416 e. The lowest BCUT2D eigenvalue weighted by Crippen LogP contribution is -2.11. The Labute approximate surface area is 188 Å². The van der Waals surface area contributed by atoms with E-state index in [1.807, 2.05) is 48.5 Å². The molecular formula is C26H20F3N3O. The Morgan fingerprint density at radius 1 is 1.00 bits per heavy atom. The van der Waals surface area contributed by atoms with E-state index in [0.29, 0.717) is 5.82 Å². The number of alkyl halides is 3. The number of nitrogen functional groups attached to an aromatic ring is 1. The minimum absolute atomic E-state index is 0.0794. The maximum atomic E-state index is 13.1. The molecule has 1 aromatic heterocycles. The van der Waals surface area contributed by atoms with Crippen molar-refractivity contribution >= 4 is 34.3 Å². The van der Waals surface area contributed by atoms with Gasteiger partial charge in [-0.1, -0.05) is 48.5 Å². The molecular weight excluding hydrogens is 427 g/mol. The number of benzene rings is 3. The van der Waals surface area contributed by atoms with Gasteiger partial charge in [0.1, 0.15) is 5.82 Å². The molecule has 0 spiro atoms. The van der Waals surface area contributed by atoms with Crippen LogP contribution in [-0.2, 0) is 11.0 Å². The molecule has 0 aliphatic rings. The molecule has 1 amide bonds. The predicted molar refractivity (Wildman–Crippen MR) is 125 cm³/mol. The van der Waals surface area contributed by atoms with Crippen molar-refractivity contribution < 1.29 is 18.0 Å². The quantitative estimate of drug-likeness (QED) is 0.353. The minimum Gasteiger partial charge on any atom is -0.383 e. The lowest BCUT2D eigenvalue weighted by atomic mass is 9.99. The van der Waals surface area contributed by atoms with Gasteiger partial charge in [0.05, 0.1) is 5.56 Å². The second-order valence-electron chi connectivity index (χ2n) is 7.58. The van der Waals surface area contributed by atoms with E-state index in [9.17, 15) is 18.0 Å². The average Bonchev–Trinajstić information content (AvgIpc) is 2.79. The van der Waals surface area contributed by atoms with Gasteiger partial charge in [0.2, 0.25) is 5.91 Å². The van der Waals surface area contributed by atoms with Crippen molar-refractivity contribution in [1.29, 1.82) is 0 Å². The Morgan fingerprint density at radius 2 is 1.76 bits per heavy atom. The van der Waals surface area contributed by atoms with Crippen molar-refractivity contribution in [3.8, 4) is 11.1 Å². The molecule has 0 aliphatic heterocycles. The number of nitrogens with one attached hydrogen (secondary N) is 1. The molecule has 0 bridgehead atoms. The summed E-state index contributed by atoms with van der Waals surface area (Å²) in [6, 6.07) is 18.9. The summed E-state index contributed by atoms with van der Waals surface area (Å²) in [6.45, 7) is 1.38. The zero-order valence-electron chi connectivity index (χ0n) is 17.6. The Kier molecular flexibility index (Phi) is 5.87. The van der Waals surface area contributed by atoms with Crippen LogP contribution in [0.25, 0.3) is 28.0 Å². The van der Waals surface area contributed by atoms with Gasteiger partial charge in [0.15, 0.2) is 0 Å². The van der Waals surface area contributed by atoms with Crippen molar-refractivity contribution in [3.05, 3.63) is 95.7 Å².